The molecular formula is C26H33N5O3. The molecule has 0 bridgehead atoms. The number of ether oxygens (including phenoxy) is 1. The summed E-state index contributed by atoms with van der Waals surface area (Å²) in [4.78, 5) is 31.6. The number of likely N-dealkylation sites (tertiary alicyclic amines) is 1. The zero-order chi connectivity index (χ0) is 24.8. The summed E-state index contributed by atoms with van der Waals surface area (Å²) in [5, 5.41) is 12.6. The molecule has 1 atom stereocenters. The number of aryl methyl sites for hydroxylation is 2. The first-order chi connectivity index (χ1) is 16.2. The summed E-state index contributed by atoms with van der Waals surface area (Å²) in [6.07, 6.45) is 4.47. The number of nitriles is 1. The van der Waals surface area contributed by atoms with Gasteiger partial charge in [0.1, 0.15) is 17.5 Å². The zero-order valence-corrected chi connectivity index (χ0v) is 20.6. The lowest BCUT2D eigenvalue weighted by Crippen LogP contribution is -2.42. The first kappa shape index (κ1) is 25.2. The average Bonchev–Trinajstić information content (AvgIpc) is 3.11. The highest BCUT2D eigenvalue weighted by molar-refractivity contribution is 6.02. The van der Waals surface area contributed by atoms with Crippen molar-refractivity contribution in [2.45, 2.75) is 46.6 Å². The van der Waals surface area contributed by atoms with E-state index >= 15 is 0 Å². The van der Waals surface area contributed by atoms with Crippen LogP contribution in [-0.2, 0) is 14.3 Å². The van der Waals surface area contributed by atoms with E-state index in [9.17, 15) is 14.9 Å². The van der Waals surface area contributed by atoms with Crippen LogP contribution in [0.25, 0.3) is 6.08 Å². The third-order valence-electron chi connectivity index (χ3n) is 6.34. The Labute approximate surface area is 201 Å². The molecule has 1 unspecified atom stereocenters. The minimum atomic E-state index is -0.295. The second kappa shape index (κ2) is 11.1. The van der Waals surface area contributed by atoms with Gasteiger partial charge < -0.3 is 19.5 Å². The maximum Gasteiger partial charge on any atom is 0.264 e. The van der Waals surface area contributed by atoms with Gasteiger partial charge in [-0.25, -0.2) is 4.98 Å². The number of nitrogens with zero attached hydrogens (tertiary/aromatic N) is 4. The lowest BCUT2D eigenvalue weighted by molar-refractivity contribution is -0.130. The van der Waals surface area contributed by atoms with Gasteiger partial charge in [0.15, 0.2) is 0 Å². The van der Waals surface area contributed by atoms with E-state index in [-0.39, 0.29) is 29.3 Å². The highest BCUT2D eigenvalue weighted by Crippen LogP contribution is 2.25. The molecule has 1 N–H and O–H groups in total. The summed E-state index contributed by atoms with van der Waals surface area (Å²) in [7, 11) is 1.67. The van der Waals surface area contributed by atoms with E-state index in [4.69, 9.17) is 4.74 Å². The van der Waals surface area contributed by atoms with Gasteiger partial charge in [-0.2, -0.15) is 5.26 Å². The molecule has 0 spiro atoms. The van der Waals surface area contributed by atoms with E-state index in [1.54, 1.807) is 30.3 Å². The van der Waals surface area contributed by atoms with E-state index in [2.05, 4.69) is 27.9 Å². The standard InChI is InChI=1S/C26H33N5O3/c1-17-6-7-24(28-15-17)29-25(32)21-8-10-30(11-9-21)26(33)23(14-27)13-22-12-18(2)31(20(22)4)19(3)16-34-5/h6-7,12-13,15,19,21H,8-11,16H2,1-5H3,(H,28,29,32)/b23-13+. The molecule has 34 heavy (non-hydrogen) atoms. The number of amides is 2. The summed E-state index contributed by atoms with van der Waals surface area (Å²) >= 11 is 0. The van der Waals surface area contributed by atoms with Crippen LogP contribution in [0.2, 0.25) is 0 Å². The van der Waals surface area contributed by atoms with Crippen molar-refractivity contribution in [1.29, 1.82) is 5.26 Å². The molecule has 180 valence electrons. The first-order valence-corrected chi connectivity index (χ1v) is 11.6. The van der Waals surface area contributed by atoms with Crippen LogP contribution in [0, 0.1) is 38.0 Å². The smallest absolute Gasteiger partial charge is 0.264 e. The number of aromatic nitrogens is 2. The molecule has 2 aromatic rings. The summed E-state index contributed by atoms with van der Waals surface area (Å²) in [6.45, 7) is 9.44. The van der Waals surface area contributed by atoms with Gasteiger partial charge in [-0.1, -0.05) is 6.07 Å². The lowest BCUT2D eigenvalue weighted by atomic mass is 9.95. The number of rotatable bonds is 7. The minimum absolute atomic E-state index is 0.0860. The molecule has 2 amide bonds. The molecule has 0 radical (unpaired) electrons. The first-order valence-electron chi connectivity index (χ1n) is 11.6. The highest BCUT2D eigenvalue weighted by Gasteiger charge is 2.29. The fourth-order valence-electron chi connectivity index (χ4n) is 4.53. The fourth-order valence-corrected chi connectivity index (χ4v) is 4.53. The molecular weight excluding hydrogens is 430 g/mol. The number of carbonyl (C=O) groups excluding carboxylic acids is 2. The lowest BCUT2D eigenvalue weighted by Gasteiger charge is -2.31. The number of anilines is 1. The topological polar surface area (TPSA) is 100 Å². The molecule has 8 heteroatoms. The number of hydrogen-bond acceptors (Lipinski definition) is 5. The molecule has 1 saturated heterocycles. The van der Waals surface area contributed by atoms with Crippen LogP contribution < -0.4 is 5.32 Å². The van der Waals surface area contributed by atoms with Gasteiger partial charge in [-0.3, -0.25) is 9.59 Å². The van der Waals surface area contributed by atoms with Crippen molar-refractivity contribution in [3.8, 4) is 6.07 Å². The van der Waals surface area contributed by atoms with Crippen LogP contribution in [0.5, 0.6) is 0 Å². The van der Waals surface area contributed by atoms with Gasteiger partial charge in [0.2, 0.25) is 5.91 Å². The second-order valence-electron chi connectivity index (χ2n) is 8.95. The molecule has 1 aliphatic heterocycles. The fraction of sp³-hybridized carbons (Fsp3) is 0.462. The predicted molar refractivity (Wildman–Crippen MR) is 131 cm³/mol. The van der Waals surface area contributed by atoms with Gasteiger partial charge in [0.05, 0.1) is 12.6 Å². The van der Waals surface area contributed by atoms with Gasteiger partial charge >= 0.3 is 0 Å². The van der Waals surface area contributed by atoms with E-state index < -0.39 is 0 Å². The number of hydrogen-bond donors (Lipinski definition) is 1. The quantitative estimate of drug-likeness (QED) is 0.497. The molecule has 3 rings (SSSR count). The molecule has 8 nitrogen and oxygen atoms in total. The summed E-state index contributed by atoms with van der Waals surface area (Å²) < 4.78 is 7.43. The third-order valence-corrected chi connectivity index (χ3v) is 6.34. The van der Waals surface area contributed by atoms with E-state index in [1.807, 2.05) is 32.9 Å². The van der Waals surface area contributed by atoms with Gasteiger partial charge in [0, 0.05) is 43.7 Å². The predicted octanol–water partition coefficient (Wildman–Crippen LogP) is 3.80. The Morgan fingerprint density at radius 3 is 2.59 bits per heavy atom. The van der Waals surface area contributed by atoms with Crippen LogP contribution >= 0.6 is 0 Å². The normalized spacial score (nSPS) is 15.6. The summed E-state index contributed by atoms with van der Waals surface area (Å²) in [5.41, 5.74) is 4.02. The van der Waals surface area contributed by atoms with Crippen molar-refractivity contribution in [1.82, 2.24) is 14.5 Å². The summed E-state index contributed by atoms with van der Waals surface area (Å²) in [6, 6.07) is 7.89. The van der Waals surface area contributed by atoms with E-state index in [0.717, 1.165) is 22.5 Å². The van der Waals surface area contributed by atoms with Crippen molar-refractivity contribution in [2.75, 3.05) is 32.1 Å². The van der Waals surface area contributed by atoms with Crippen molar-refractivity contribution >= 4 is 23.7 Å². The Morgan fingerprint density at radius 2 is 2.00 bits per heavy atom. The third kappa shape index (κ3) is 5.72. The van der Waals surface area contributed by atoms with E-state index in [0.29, 0.717) is 38.4 Å². The van der Waals surface area contributed by atoms with Crippen LogP contribution in [0.3, 0.4) is 0 Å². The SMILES string of the molecule is COCC(C)n1c(C)cc(/C=C(\C#N)C(=O)N2CCC(C(=O)Nc3ccc(C)cn3)CC2)c1C. The maximum absolute atomic E-state index is 13.1. The molecule has 0 aromatic carbocycles. The van der Waals surface area contributed by atoms with Crippen LogP contribution in [-0.4, -0.2) is 53.1 Å². The monoisotopic (exact) mass is 463 g/mol. The van der Waals surface area contributed by atoms with Crippen LogP contribution in [0.4, 0.5) is 5.82 Å². The summed E-state index contributed by atoms with van der Waals surface area (Å²) in [5.74, 6) is -0.0440. The van der Waals surface area contributed by atoms with Crippen molar-refractivity contribution < 1.29 is 14.3 Å². The number of methoxy groups -OCH3 is 1. The number of carbonyl (C=O) groups is 2. The molecule has 0 saturated carbocycles. The van der Waals surface area contributed by atoms with Crippen molar-refractivity contribution in [3.05, 3.63) is 52.5 Å². The Morgan fingerprint density at radius 1 is 1.29 bits per heavy atom. The molecule has 3 heterocycles. The maximum atomic E-state index is 13.1. The van der Waals surface area contributed by atoms with Gasteiger partial charge in [0.25, 0.3) is 5.91 Å². The van der Waals surface area contributed by atoms with Gasteiger partial charge in [-0.05, 0) is 69.9 Å². The van der Waals surface area contributed by atoms with Gasteiger partial charge in [-0.15, -0.1) is 0 Å². The number of piperidine rings is 1. The Bertz CT molecular complexity index is 1100. The largest absolute Gasteiger partial charge is 0.383 e. The number of nitrogens with one attached hydrogen (secondary N) is 1. The second-order valence-corrected chi connectivity index (χ2v) is 8.95. The van der Waals surface area contributed by atoms with Crippen molar-refractivity contribution in [3.63, 3.8) is 0 Å². The van der Waals surface area contributed by atoms with Crippen molar-refractivity contribution in [2.24, 2.45) is 5.92 Å². The molecule has 0 aliphatic carbocycles. The highest BCUT2D eigenvalue weighted by atomic mass is 16.5. The Balaban J connectivity index is 1.65. The van der Waals surface area contributed by atoms with Crippen LogP contribution in [0.15, 0.2) is 30.0 Å². The van der Waals surface area contributed by atoms with Crippen LogP contribution in [0.1, 0.15) is 48.3 Å². The molecule has 2 aromatic heterocycles. The zero-order valence-electron chi connectivity index (χ0n) is 20.6. The average molecular weight is 464 g/mol. The number of pyridine rings is 1. The van der Waals surface area contributed by atoms with E-state index in [1.165, 1.54) is 0 Å². The molecule has 1 aliphatic rings. The minimum Gasteiger partial charge on any atom is -0.383 e. The Kier molecular flexibility index (Phi) is 8.24. The molecule has 1 fully saturated rings. The Hall–Kier alpha value is -3.44.